The molecule has 0 fully saturated rings. The molecule has 0 aliphatic heterocycles. The molecule has 1 aromatic heterocycles. The van der Waals surface area contributed by atoms with E-state index in [2.05, 4.69) is 10.9 Å². The van der Waals surface area contributed by atoms with Crippen LogP contribution in [0.1, 0.15) is 11.3 Å². The SMILES string of the molecule is C#Cc1cc(C)ncc1O. The van der Waals surface area contributed by atoms with E-state index in [1.807, 2.05) is 6.92 Å². The van der Waals surface area contributed by atoms with Crippen LogP contribution in [0.5, 0.6) is 5.75 Å². The van der Waals surface area contributed by atoms with Crippen LogP contribution in [0.25, 0.3) is 0 Å². The summed E-state index contributed by atoms with van der Waals surface area (Å²) < 4.78 is 0. The molecule has 50 valence electrons. The third-order valence-corrected chi connectivity index (χ3v) is 1.18. The van der Waals surface area contributed by atoms with E-state index in [1.54, 1.807) is 6.07 Å². The van der Waals surface area contributed by atoms with E-state index in [1.165, 1.54) is 6.20 Å². The van der Waals surface area contributed by atoms with Crippen LogP contribution in [0.3, 0.4) is 0 Å². The number of hydrogen-bond acceptors (Lipinski definition) is 2. The molecule has 0 bridgehead atoms. The van der Waals surface area contributed by atoms with Crippen molar-refractivity contribution >= 4 is 0 Å². The van der Waals surface area contributed by atoms with Crippen molar-refractivity contribution in [3.63, 3.8) is 0 Å². The van der Waals surface area contributed by atoms with Crippen LogP contribution in [-0.2, 0) is 0 Å². The minimum absolute atomic E-state index is 0.0631. The lowest BCUT2D eigenvalue weighted by Gasteiger charge is -1.95. The van der Waals surface area contributed by atoms with Crippen LogP contribution in [0.2, 0.25) is 0 Å². The molecular weight excluding hydrogens is 126 g/mol. The molecule has 1 rings (SSSR count). The van der Waals surface area contributed by atoms with Crippen LogP contribution in [-0.4, -0.2) is 10.1 Å². The lowest BCUT2D eigenvalue weighted by atomic mass is 10.2. The third-order valence-electron chi connectivity index (χ3n) is 1.18. The average molecular weight is 133 g/mol. The molecule has 1 heterocycles. The van der Waals surface area contributed by atoms with E-state index in [4.69, 9.17) is 11.5 Å². The molecule has 0 unspecified atom stereocenters. The molecule has 1 aromatic rings. The van der Waals surface area contributed by atoms with Gasteiger partial charge in [0.1, 0.15) is 5.75 Å². The molecule has 10 heavy (non-hydrogen) atoms. The van der Waals surface area contributed by atoms with Gasteiger partial charge in [0.2, 0.25) is 0 Å². The van der Waals surface area contributed by atoms with E-state index in [0.29, 0.717) is 5.56 Å². The summed E-state index contributed by atoms with van der Waals surface area (Å²) in [6.07, 6.45) is 6.43. The van der Waals surface area contributed by atoms with Crippen LogP contribution in [0.4, 0.5) is 0 Å². The fourth-order valence-corrected chi connectivity index (χ4v) is 0.668. The summed E-state index contributed by atoms with van der Waals surface area (Å²) in [6.45, 7) is 1.82. The first-order valence-electron chi connectivity index (χ1n) is 2.86. The molecule has 0 aliphatic carbocycles. The Morgan fingerprint density at radius 3 is 2.90 bits per heavy atom. The number of aromatic hydroxyl groups is 1. The second-order valence-corrected chi connectivity index (χ2v) is 1.99. The highest BCUT2D eigenvalue weighted by Gasteiger charge is 1.96. The Hall–Kier alpha value is -1.49. The van der Waals surface area contributed by atoms with Crippen molar-refractivity contribution in [1.82, 2.24) is 4.98 Å². The zero-order valence-electron chi connectivity index (χ0n) is 5.63. The van der Waals surface area contributed by atoms with Crippen LogP contribution < -0.4 is 0 Å². The van der Waals surface area contributed by atoms with Gasteiger partial charge in [-0.15, -0.1) is 6.42 Å². The molecule has 2 heteroatoms. The van der Waals surface area contributed by atoms with E-state index in [0.717, 1.165) is 5.69 Å². The first-order valence-corrected chi connectivity index (χ1v) is 2.86. The number of aromatic nitrogens is 1. The maximum atomic E-state index is 9.03. The summed E-state index contributed by atoms with van der Waals surface area (Å²) in [6, 6.07) is 1.66. The Bertz CT molecular complexity index is 286. The number of terminal acetylenes is 1. The first kappa shape index (κ1) is 6.63. The van der Waals surface area contributed by atoms with Crippen molar-refractivity contribution in [1.29, 1.82) is 0 Å². The fraction of sp³-hybridized carbons (Fsp3) is 0.125. The summed E-state index contributed by atoms with van der Waals surface area (Å²) in [5.74, 6) is 2.41. The minimum atomic E-state index is 0.0631. The lowest BCUT2D eigenvalue weighted by Crippen LogP contribution is -1.82. The second kappa shape index (κ2) is 2.40. The smallest absolute Gasteiger partial charge is 0.149 e. The van der Waals surface area contributed by atoms with Crippen LogP contribution in [0.15, 0.2) is 12.3 Å². The largest absolute Gasteiger partial charge is 0.505 e. The summed E-state index contributed by atoms with van der Waals surface area (Å²) in [4.78, 5) is 3.84. The summed E-state index contributed by atoms with van der Waals surface area (Å²) >= 11 is 0. The highest BCUT2D eigenvalue weighted by atomic mass is 16.3. The number of nitrogens with zero attached hydrogens (tertiary/aromatic N) is 1. The third kappa shape index (κ3) is 1.08. The van der Waals surface area contributed by atoms with Crippen molar-refractivity contribution in [3.05, 3.63) is 23.5 Å². The van der Waals surface area contributed by atoms with Gasteiger partial charge in [0.25, 0.3) is 0 Å². The minimum Gasteiger partial charge on any atom is -0.505 e. The van der Waals surface area contributed by atoms with Gasteiger partial charge < -0.3 is 5.11 Å². The summed E-state index contributed by atoms with van der Waals surface area (Å²) in [7, 11) is 0. The quantitative estimate of drug-likeness (QED) is 0.537. The monoisotopic (exact) mass is 133 g/mol. The summed E-state index contributed by atoms with van der Waals surface area (Å²) in [5, 5.41) is 9.03. The van der Waals surface area contributed by atoms with Gasteiger partial charge in [-0.3, -0.25) is 4.98 Å². The van der Waals surface area contributed by atoms with Gasteiger partial charge in [0, 0.05) is 5.69 Å². The Morgan fingerprint density at radius 2 is 2.40 bits per heavy atom. The highest BCUT2D eigenvalue weighted by molar-refractivity contribution is 5.42. The van der Waals surface area contributed by atoms with Gasteiger partial charge in [-0.05, 0) is 13.0 Å². The number of hydrogen-bond donors (Lipinski definition) is 1. The van der Waals surface area contributed by atoms with Crippen LogP contribution in [0, 0.1) is 19.3 Å². The highest BCUT2D eigenvalue weighted by Crippen LogP contribution is 2.13. The van der Waals surface area contributed by atoms with Gasteiger partial charge in [0.05, 0.1) is 11.8 Å². The molecule has 2 nitrogen and oxygen atoms in total. The molecule has 0 spiro atoms. The Labute approximate surface area is 59.5 Å². The standard InChI is InChI=1S/C8H7NO/c1-3-7-4-6(2)9-5-8(7)10/h1,4-5,10H,2H3. The first-order chi connectivity index (χ1) is 4.74. The Balaban J connectivity index is 3.25. The van der Waals surface area contributed by atoms with E-state index < -0.39 is 0 Å². The number of aryl methyl sites for hydroxylation is 1. The molecule has 0 saturated heterocycles. The normalized spacial score (nSPS) is 8.80. The molecule has 1 N–H and O–H groups in total. The van der Waals surface area contributed by atoms with E-state index >= 15 is 0 Å². The second-order valence-electron chi connectivity index (χ2n) is 1.99. The predicted molar refractivity (Wildman–Crippen MR) is 38.6 cm³/mol. The van der Waals surface area contributed by atoms with Crippen molar-refractivity contribution in [2.45, 2.75) is 6.92 Å². The topological polar surface area (TPSA) is 33.1 Å². The van der Waals surface area contributed by atoms with Crippen molar-refractivity contribution in [2.24, 2.45) is 0 Å². The molecule has 0 aromatic carbocycles. The van der Waals surface area contributed by atoms with Crippen molar-refractivity contribution in [2.75, 3.05) is 0 Å². The van der Waals surface area contributed by atoms with Gasteiger partial charge in [-0.2, -0.15) is 0 Å². The van der Waals surface area contributed by atoms with E-state index in [9.17, 15) is 0 Å². The van der Waals surface area contributed by atoms with E-state index in [-0.39, 0.29) is 5.75 Å². The lowest BCUT2D eigenvalue weighted by molar-refractivity contribution is 0.470. The molecule has 0 saturated carbocycles. The fourth-order valence-electron chi connectivity index (χ4n) is 0.668. The molecule has 0 aliphatic rings. The zero-order chi connectivity index (χ0) is 7.56. The van der Waals surface area contributed by atoms with Crippen molar-refractivity contribution in [3.8, 4) is 18.1 Å². The number of rotatable bonds is 0. The molecule has 0 atom stereocenters. The molecular formula is C8H7NO. The molecule has 0 amide bonds. The average Bonchev–Trinajstić information content (AvgIpc) is 1.94. The Kier molecular flexibility index (Phi) is 1.59. The molecule has 0 radical (unpaired) electrons. The van der Waals surface area contributed by atoms with Gasteiger partial charge in [-0.25, -0.2) is 0 Å². The van der Waals surface area contributed by atoms with Gasteiger partial charge >= 0.3 is 0 Å². The predicted octanol–water partition coefficient (Wildman–Crippen LogP) is 1.08. The van der Waals surface area contributed by atoms with Gasteiger partial charge in [-0.1, -0.05) is 5.92 Å². The van der Waals surface area contributed by atoms with Gasteiger partial charge in [0.15, 0.2) is 0 Å². The summed E-state index contributed by atoms with van der Waals surface area (Å²) in [5.41, 5.74) is 1.30. The Morgan fingerprint density at radius 1 is 1.70 bits per heavy atom. The van der Waals surface area contributed by atoms with Crippen LogP contribution >= 0.6 is 0 Å². The van der Waals surface area contributed by atoms with Crippen molar-refractivity contribution < 1.29 is 5.11 Å². The maximum Gasteiger partial charge on any atom is 0.149 e. The zero-order valence-corrected chi connectivity index (χ0v) is 5.63. The number of pyridine rings is 1. The maximum absolute atomic E-state index is 9.03.